The molecule has 6 heteroatoms. The van der Waals surface area contributed by atoms with Crippen LogP contribution in [0.2, 0.25) is 0 Å². The molecule has 0 saturated carbocycles. The van der Waals surface area contributed by atoms with Crippen LogP contribution in [0, 0.1) is 11.3 Å². The summed E-state index contributed by atoms with van der Waals surface area (Å²) in [5.74, 6) is 0. The van der Waals surface area contributed by atoms with Crippen molar-refractivity contribution in [2.75, 3.05) is 31.5 Å². The highest BCUT2D eigenvalue weighted by Gasteiger charge is 2.41. The molecule has 2 unspecified atom stereocenters. The predicted octanol–water partition coefficient (Wildman–Crippen LogP) is 3.44. The molecule has 1 amide bonds. The molecule has 146 valence electrons. The average molecular weight is 370 g/mol. The molecule has 0 aliphatic carbocycles. The van der Waals surface area contributed by atoms with Gasteiger partial charge in [0, 0.05) is 44.0 Å². The van der Waals surface area contributed by atoms with Gasteiger partial charge < -0.3 is 15.0 Å². The van der Waals surface area contributed by atoms with Gasteiger partial charge >= 0.3 is 6.09 Å². The standard InChI is InChI=1S/C21H30N4O2/c1-21(2,3)27-20(26)24-14-18-9-10-19(15-24)25(18)12-4-11-23-17-7-5-16(13-22)6-8-17/h5-8,18-19,23H,4,9-12,14-15H2,1-3H3. The quantitative estimate of drug-likeness (QED) is 0.804. The van der Waals surface area contributed by atoms with Crippen LogP contribution in [0.25, 0.3) is 0 Å². The molecular formula is C21H30N4O2. The Morgan fingerprint density at radius 1 is 1.22 bits per heavy atom. The lowest BCUT2D eigenvalue weighted by Crippen LogP contribution is -2.56. The second-order valence-electron chi connectivity index (χ2n) is 8.48. The molecule has 2 bridgehead atoms. The molecule has 2 atom stereocenters. The average Bonchev–Trinajstić information content (AvgIpc) is 2.85. The van der Waals surface area contributed by atoms with E-state index in [4.69, 9.17) is 10.00 Å². The van der Waals surface area contributed by atoms with Crippen molar-refractivity contribution in [2.45, 2.75) is 57.7 Å². The normalized spacial score (nSPS) is 22.4. The van der Waals surface area contributed by atoms with Crippen molar-refractivity contribution in [1.29, 1.82) is 5.26 Å². The summed E-state index contributed by atoms with van der Waals surface area (Å²) in [6.07, 6.45) is 3.20. The van der Waals surface area contributed by atoms with Crippen LogP contribution in [0.3, 0.4) is 0 Å². The van der Waals surface area contributed by atoms with Gasteiger partial charge in [-0.05, 0) is 64.3 Å². The zero-order chi connectivity index (χ0) is 19.4. The number of carbonyl (C=O) groups is 1. The van der Waals surface area contributed by atoms with E-state index in [9.17, 15) is 4.79 Å². The SMILES string of the molecule is CC(C)(C)OC(=O)N1CC2CCC(C1)N2CCCNc1ccc(C#N)cc1. The minimum absolute atomic E-state index is 0.179. The highest BCUT2D eigenvalue weighted by molar-refractivity contribution is 5.68. The van der Waals surface area contributed by atoms with Crippen LogP contribution in [0.5, 0.6) is 0 Å². The second kappa shape index (κ2) is 8.18. The third-order valence-corrected chi connectivity index (χ3v) is 5.22. The van der Waals surface area contributed by atoms with Gasteiger partial charge in [0.2, 0.25) is 0 Å². The Hall–Kier alpha value is -2.26. The van der Waals surface area contributed by atoms with Crippen LogP contribution in [-0.2, 0) is 4.74 Å². The van der Waals surface area contributed by atoms with Gasteiger partial charge in [-0.15, -0.1) is 0 Å². The first-order valence-corrected chi connectivity index (χ1v) is 9.83. The summed E-state index contributed by atoms with van der Waals surface area (Å²) in [6.45, 7) is 9.23. The summed E-state index contributed by atoms with van der Waals surface area (Å²) in [6, 6.07) is 10.6. The monoisotopic (exact) mass is 370 g/mol. The van der Waals surface area contributed by atoms with Crippen molar-refractivity contribution in [3.05, 3.63) is 29.8 Å². The molecular weight excluding hydrogens is 340 g/mol. The maximum Gasteiger partial charge on any atom is 0.410 e. The van der Waals surface area contributed by atoms with Crippen LogP contribution in [-0.4, -0.2) is 59.8 Å². The third kappa shape index (κ3) is 5.14. The smallest absolute Gasteiger partial charge is 0.410 e. The number of carbonyl (C=O) groups excluding carboxylic acids is 1. The van der Waals surface area contributed by atoms with E-state index < -0.39 is 5.60 Å². The van der Waals surface area contributed by atoms with Crippen molar-refractivity contribution in [3.63, 3.8) is 0 Å². The Balaban J connectivity index is 1.43. The largest absolute Gasteiger partial charge is 0.444 e. The molecule has 1 N–H and O–H groups in total. The topological polar surface area (TPSA) is 68.6 Å². The molecule has 0 spiro atoms. The lowest BCUT2D eigenvalue weighted by atomic mass is 10.1. The number of ether oxygens (including phenoxy) is 1. The zero-order valence-corrected chi connectivity index (χ0v) is 16.6. The molecule has 2 heterocycles. The van der Waals surface area contributed by atoms with Gasteiger partial charge in [-0.3, -0.25) is 4.90 Å². The first-order chi connectivity index (χ1) is 12.9. The Kier molecular flexibility index (Phi) is 5.91. The van der Waals surface area contributed by atoms with E-state index in [1.807, 2.05) is 49.9 Å². The highest BCUT2D eigenvalue weighted by Crippen LogP contribution is 2.31. The summed E-state index contributed by atoms with van der Waals surface area (Å²) >= 11 is 0. The molecule has 1 aromatic carbocycles. The zero-order valence-electron chi connectivity index (χ0n) is 16.6. The molecule has 2 fully saturated rings. The summed E-state index contributed by atoms with van der Waals surface area (Å²) < 4.78 is 5.54. The summed E-state index contributed by atoms with van der Waals surface area (Å²) in [5.41, 5.74) is 1.29. The number of amides is 1. The third-order valence-electron chi connectivity index (χ3n) is 5.22. The summed E-state index contributed by atoms with van der Waals surface area (Å²) in [4.78, 5) is 16.8. The van der Waals surface area contributed by atoms with Gasteiger partial charge in [-0.2, -0.15) is 5.26 Å². The minimum Gasteiger partial charge on any atom is -0.444 e. The van der Waals surface area contributed by atoms with E-state index in [0.717, 1.165) is 51.1 Å². The molecule has 0 aromatic heterocycles. The van der Waals surface area contributed by atoms with Crippen molar-refractivity contribution in [2.24, 2.45) is 0 Å². The number of anilines is 1. The van der Waals surface area contributed by atoms with Crippen LogP contribution < -0.4 is 5.32 Å². The molecule has 3 rings (SSSR count). The van der Waals surface area contributed by atoms with E-state index in [-0.39, 0.29) is 6.09 Å². The van der Waals surface area contributed by atoms with E-state index >= 15 is 0 Å². The van der Waals surface area contributed by atoms with Crippen molar-refractivity contribution < 1.29 is 9.53 Å². The summed E-state index contributed by atoms with van der Waals surface area (Å²) in [7, 11) is 0. The first kappa shape index (κ1) is 19.5. The Morgan fingerprint density at radius 3 is 2.41 bits per heavy atom. The Morgan fingerprint density at radius 2 is 1.85 bits per heavy atom. The van der Waals surface area contributed by atoms with E-state index in [2.05, 4.69) is 16.3 Å². The van der Waals surface area contributed by atoms with Crippen molar-refractivity contribution in [1.82, 2.24) is 9.80 Å². The predicted molar refractivity (Wildman–Crippen MR) is 106 cm³/mol. The maximum atomic E-state index is 12.4. The van der Waals surface area contributed by atoms with Gasteiger partial charge in [0.1, 0.15) is 5.60 Å². The first-order valence-electron chi connectivity index (χ1n) is 9.83. The van der Waals surface area contributed by atoms with Gasteiger partial charge in [0.25, 0.3) is 0 Å². The number of hydrogen-bond acceptors (Lipinski definition) is 5. The Labute approximate surface area is 162 Å². The number of benzene rings is 1. The number of fused-ring (bicyclic) bond motifs is 2. The summed E-state index contributed by atoms with van der Waals surface area (Å²) in [5, 5.41) is 12.3. The van der Waals surface area contributed by atoms with E-state index in [1.54, 1.807) is 0 Å². The number of rotatable bonds is 5. The number of piperazine rings is 1. The molecule has 0 radical (unpaired) electrons. The molecule has 2 aliphatic rings. The second-order valence-corrected chi connectivity index (χ2v) is 8.48. The number of hydrogen-bond donors (Lipinski definition) is 1. The fourth-order valence-corrected chi connectivity index (χ4v) is 3.99. The minimum atomic E-state index is -0.440. The van der Waals surface area contributed by atoms with Crippen LogP contribution in [0.4, 0.5) is 10.5 Å². The van der Waals surface area contributed by atoms with Gasteiger partial charge in [0.05, 0.1) is 11.6 Å². The number of nitrogens with zero attached hydrogens (tertiary/aromatic N) is 3. The van der Waals surface area contributed by atoms with Gasteiger partial charge in [0.15, 0.2) is 0 Å². The van der Waals surface area contributed by atoms with E-state index in [0.29, 0.717) is 17.6 Å². The highest BCUT2D eigenvalue weighted by atomic mass is 16.6. The lowest BCUT2D eigenvalue weighted by Gasteiger charge is -2.41. The molecule has 1 aromatic rings. The Bertz CT molecular complexity index is 676. The lowest BCUT2D eigenvalue weighted by molar-refractivity contribution is 0.00140. The van der Waals surface area contributed by atoms with Crippen LogP contribution in [0.1, 0.15) is 45.6 Å². The maximum absolute atomic E-state index is 12.4. The molecule has 2 aliphatic heterocycles. The molecule has 2 saturated heterocycles. The molecule has 27 heavy (non-hydrogen) atoms. The van der Waals surface area contributed by atoms with E-state index in [1.165, 1.54) is 0 Å². The van der Waals surface area contributed by atoms with Crippen LogP contribution >= 0.6 is 0 Å². The van der Waals surface area contributed by atoms with Crippen molar-refractivity contribution >= 4 is 11.8 Å². The van der Waals surface area contributed by atoms with Gasteiger partial charge in [-0.1, -0.05) is 0 Å². The molecule has 6 nitrogen and oxygen atoms in total. The fraction of sp³-hybridized carbons (Fsp3) is 0.619. The van der Waals surface area contributed by atoms with Gasteiger partial charge in [-0.25, -0.2) is 4.79 Å². The number of likely N-dealkylation sites (tertiary alicyclic amines) is 1. The van der Waals surface area contributed by atoms with Crippen molar-refractivity contribution in [3.8, 4) is 6.07 Å². The number of nitrogens with one attached hydrogen (secondary N) is 1. The number of nitriles is 1. The fourth-order valence-electron chi connectivity index (χ4n) is 3.99. The van der Waals surface area contributed by atoms with Crippen LogP contribution in [0.15, 0.2) is 24.3 Å².